The van der Waals surface area contributed by atoms with Gasteiger partial charge in [0.15, 0.2) is 0 Å². The van der Waals surface area contributed by atoms with Crippen LogP contribution in [0.15, 0.2) is 18.2 Å². The van der Waals surface area contributed by atoms with E-state index < -0.39 is 5.97 Å². The van der Waals surface area contributed by atoms with Crippen LogP contribution in [-0.2, 0) is 0 Å². The van der Waals surface area contributed by atoms with Crippen molar-refractivity contribution in [3.05, 3.63) is 34.9 Å². The summed E-state index contributed by atoms with van der Waals surface area (Å²) >= 11 is 0. The fourth-order valence-corrected chi connectivity index (χ4v) is 3.34. The minimum Gasteiger partial charge on any atom is -0.478 e. The molecule has 3 rings (SSSR count). The molecule has 1 fully saturated rings. The van der Waals surface area contributed by atoms with Gasteiger partial charge in [0, 0.05) is 6.54 Å². The molecule has 0 saturated heterocycles. The number of hydrogen-bond donors (Lipinski definition) is 1. The Kier molecular flexibility index (Phi) is 3.08. The van der Waals surface area contributed by atoms with Crippen molar-refractivity contribution in [3.8, 4) is 0 Å². The lowest BCUT2D eigenvalue weighted by atomic mass is 9.88. The first-order chi connectivity index (χ1) is 9.91. The summed E-state index contributed by atoms with van der Waals surface area (Å²) in [4.78, 5) is 37.1. The molecular formula is C16H17NO4. The SMILES string of the molecule is CC1(CN2C(=O)c3ccc(C(=O)O)cc3C2=O)CCCC1. The van der Waals surface area contributed by atoms with Gasteiger partial charge in [-0.05, 0) is 36.5 Å². The Morgan fingerprint density at radius 1 is 1.19 bits per heavy atom. The standard InChI is InChI=1S/C16H17NO4/c1-16(6-2-3-7-16)9-17-13(18)11-5-4-10(15(20)21)8-12(11)14(17)19/h4-5,8H,2-3,6-7,9H2,1H3,(H,20,21). The summed E-state index contributed by atoms with van der Waals surface area (Å²) in [6, 6.07) is 4.11. The number of imide groups is 1. The molecule has 1 aromatic rings. The first-order valence-corrected chi connectivity index (χ1v) is 7.15. The average molecular weight is 287 g/mol. The lowest BCUT2D eigenvalue weighted by Crippen LogP contribution is -2.38. The van der Waals surface area contributed by atoms with E-state index in [1.807, 2.05) is 0 Å². The quantitative estimate of drug-likeness (QED) is 0.867. The van der Waals surface area contributed by atoms with Crippen LogP contribution >= 0.6 is 0 Å². The van der Waals surface area contributed by atoms with E-state index in [0.717, 1.165) is 25.7 Å². The van der Waals surface area contributed by atoms with Crippen molar-refractivity contribution in [2.24, 2.45) is 5.41 Å². The van der Waals surface area contributed by atoms with Gasteiger partial charge in [-0.15, -0.1) is 0 Å². The molecule has 0 radical (unpaired) electrons. The van der Waals surface area contributed by atoms with Gasteiger partial charge in [-0.1, -0.05) is 19.8 Å². The van der Waals surface area contributed by atoms with E-state index in [-0.39, 0.29) is 28.4 Å². The van der Waals surface area contributed by atoms with Gasteiger partial charge in [-0.3, -0.25) is 14.5 Å². The van der Waals surface area contributed by atoms with Crippen molar-refractivity contribution in [2.75, 3.05) is 6.54 Å². The highest BCUT2D eigenvalue weighted by molar-refractivity contribution is 6.21. The molecule has 110 valence electrons. The van der Waals surface area contributed by atoms with Crippen LogP contribution in [0.1, 0.15) is 63.7 Å². The minimum atomic E-state index is -1.10. The molecule has 5 heteroatoms. The molecule has 1 N–H and O–H groups in total. The Morgan fingerprint density at radius 3 is 2.43 bits per heavy atom. The maximum Gasteiger partial charge on any atom is 0.335 e. The highest BCUT2D eigenvalue weighted by Gasteiger charge is 2.41. The molecule has 1 aliphatic heterocycles. The van der Waals surface area contributed by atoms with E-state index in [4.69, 9.17) is 5.11 Å². The largest absolute Gasteiger partial charge is 0.478 e. The molecule has 2 amide bonds. The second kappa shape index (κ2) is 4.69. The first kappa shape index (κ1) is 13.8. The zero-order chi connectivity index (χ0) is 15.2. The lowest BCUT2D eigenvalue weighted by molar-refractivity contribution is 0.0582. The normalized spacial score (nSPS) is 20.0. The van der Waals surface area contributed by atoms with E-state index in [2.05, 4.69) is 6.92 Å². The zero-order valence-electron chi connectivity index (χ0n) is 11.9. The maximum absolute atomic E-state index is 12.4. The van der Waals surface area contributed by atoms with E-state index in [1.54, 1.807) is 0 Å². The monoisotopic (exact) mass is 287 g/mol. The second-order valence-corrected chi connectivity index (χ2v) is 6.28. The van der Waals surface area contributed by atoms with Gasteiger partial charge >= 0.3 is 5.97 Å². The summed E-state index contributed by atoms with van der Waals surface area (Å²) in [5.41, 5.74) is 0.542. The zero-order valence-corrected chi connectivity index (χ0v) is 11.9. The van der Waals surface area contributed by atoms with E-state index in [9.17, 15) is 14.4 Å². The average Bonchev–Trinajstić information content (AvgIpc) is 2.97. The number of benzene rings is 1. The van der Waals surface area contributed by atoms with Crippen molar-refractivity contribution >= 4 is 17.8 Å². The fourth-order valence-electron chi connectivity index (χ4n) is 3.34. The topological polar surface area (TPSA) is 74.7 Å². The number of fused-ring (bicyclic) bond motifs is 1. The van der Waals surface area contributed by atoms with Crippen LogP contribution in [0.4, 0.5) is 0 Å². The van der Waals surface area contributed by atoms with E-state index in [1.165, 1.54) is 23.1 Å². The van der Waals surface area contributed by atoms with Gasteiger partial charge in [0.2, 0.25) is 0 Å². The molecule has 1 heterocycles. The molecule has 0 aromatic heterocycles. The van der Waals surface area contributed by atoms with E-state index in [0.29, 0.717) is 12.1 Å². The van der Waals surface area contributed by atoms with Gasteiger partial charge in [0.25, 0.3) is 11.8 Å². The van der Waals surface area contributed by atoms with Crippen LogP contribution in [0, 0.1) is 5.41 Å². The summed E-state index contributed by atoms with van der Waals surface area (Å²) in [6.45, 7) is 2.52. The van der Waals surface area contributed by atoms with Crippen LogP contribution in [0.25, 0.3) is 0 Å². The molecule has 0 spiro atoms. The fraction of sp³-hybridized carbons (Fsp3) is 0.438. The van der Waals surface area contributed by atoms with Gasteiger partial charge in [0.05, 0.1) is 16.7 Å². The minimum absolute atomic E-state index is 0.0109. The third kappa shape index (κ3) is 2.22. The Bertz CT molecular complexity index is 644. The van der Waals surface area contributed by atoms with Crippen molar-refractivity contribution in [1.29, 1.82) is 0 Å². The summed E-state index contributed by atoms with van der Waals surface area (Å²) in [5.74, 6) is -1.77. The molecule has 1 aromatic carbocycles. The Morgan fingerprint density at radius 2 is 1.81 bits per heavy atom. The number of carbonyl (C=O) groups excluding carboxylic acids is 2. The van der Waals surface area contributed by atoms with Crippen LogP contribution in [-0.4, -0.2) is 34.3 Å². The van der Waals surface area contributed by atoms with Crippen molar-refractivity contribution in [3.63, 3.8) is 0 Å². The predicted molar refractivity (Wildman–Crippen MR) is 75.3 cm³/mol. The van der Waals surface area contributed by atoms with Gasteiger partial charge in [-0.2, -0.15) is 0 Å². The highest BCUT2D eigenvalue weighted by Crippen LogP contribution is 2.39. The second-order valence-electron chi connectivity index (χ2n) is 6.28. The molecule has 5 nitrogen and oxygen atoms in total. The summed E-state index contributed by atoms with van der Waals surface area (Å²) < 4.78 is 0. The molecule has 1 aliphatic carbocycles. The Labute approximate surface area is 122 Å². The van der Waals surface area contributed by atoms with Crippen LogP contribution in [0.2, 0.25) is 0 Å². The summed E-state index contributed by atoms with van der Waals surface area (Å²) in [6.07, 6.45) is 4.28. The van der Waals surface area contributed by atoms with Crippen molar-refractivity contribution in [1.82, 2.24) is 4.90 Å². The number of hydrogen-bond acceptors (Lipinski definition) is 3. The smallest absolute Gasteiger partial charge is 0.335 e. The van der Waals surface area contributed by atoms with Gasteiger partial charge in [0.1, 0.15) is 0 Å². The molecule has 0 atom stereocenters. The number of aromatic carboxylic acids is 1. The summed E-state index contributed by atoms with van der Waals surface area (Å²) in [5, 5.41) is 9.00. The van der Waals surface area contributed by atoms with E-state index >= 15 is 0 Å². The lowest BCUT2D eigenvalue weighted by Gasteiger charge is -2.28. The third-order valence-electron chi connectivity index (χ3n) is 4.57. The van der Waals surface area contributed by atoms with Crippen LogP contribution in [0.5, 0.6) is 0 Å². The van der Waals surface area contributed by atoms with Crippen LogP contribution < -0.4 is 0 Å². The van der Waals surface area contributed by atoms with Gasteiger partial charge < -0.3 is 5.11 Å². The van der Waals surface area contributed by atoms with Crippen molar-refractivity contribution in [2.45, 2.75) is 32.6 Å². The maximum atomic E-state index is 12.4. The highest BCUT2D eigenvalue weighted by atomic mass is 16.4. The van der Waals surface area contributed by atoms with Gasteiger partial charge in [-0.25, -0.2) is 4.79 Å². The number of carbonyl (C=O) groups is 3. The third-order valence-corrected chi connectivity index (χ3v) is 4.57. The number of nitrogens with zero attached hydrogens (tertiary/aromatic N) is 1. The summed E-state index contributed by atoms with van der Waals surface area (Å²) in [7, 11) is 0. The predicted octanol–water partition coefficient (Wildman–Crippen LogP) is 2.56. The molecular weight excluding hydrogens is 270 g/mol. The molecule has 2 aliphatic rings. The molecule has 1 saturated carbocycles. The molecule has 0 unspecified atom stereocenters. The van der Waals surface area contributed by atoms with Crippen molar-refractivity contribution < 1.29 is 19.5 Å². The van der Waals surface area contributed by atoms with Crippen LogP contribution in [0.3, 0.4) is 0 Å². The number of carboxylic acid groups (broad SMARTS) is 1. The number of amides is 2. The Balaban J connectivity index is 1.91. The molecule has 0 bridgehead atoms. The molecule has 21 heavy (non-hydrogen) atoms. The number of carboxylic acids is 1. The Hall–Kier alpha value is -2.17. The first-order valence-electron chi connectivity index (χ1n) is 7.15. The number of rotatable bonds is 3.